The Hall–Kier alpha value is -3.11. The van der Waals surface area contributed by atoms with E-state index in [4.69, 9.17) is 4.74 Å². The molecule has 0 saturated heterocycles. The maximum Gasteiger partial charge on any atom is 0.338 e. The molecule has 2 atom stereocenters. The topological polar surface area (TPSA) is 58.6 Å². The van der Waals surface area contributed by atoms with E-state index in [1.807, 2.05) is 73.7 Å². The lowest BCUT2D eigenvalue weighted by molar-refractivity contribution is 0.0264. The van der Waals surface area contributed by atoms with E-state index < -0.39 is 5.60 Å². The molecule has 2 unspecified atom stereocenters. The summed E-state index contributed by atoms with van der Waals surface area (Å²) in [6.45, 7) is 5.00. The van der Waals surface area contributed by atoms with E-state index in [0.29, 0.717) is 25.1 Å². The highest BCUT2D eigenvalue weighted by Crippen LogP contribution is 2.38. The van der Waals surface area contributed by atoms with Gasteiger partial charge in [-0.05, 0) is 42.7 Å². The second-order valence-electron chi connectivity index (χ2n) is 8.54. The average Bonchev–Trinajstić information content (AvgIpc) is 3.13. The Morgan fingerprint density at radius 3 is 2.23 bits per heavy atom. The molecule has 0 bridgehead atoms. The number of fused-ring (bicyclic) bond motifs is 1. The molecule has 1 aliphatic heterocycles. The molecule has 0 aromatic heterocycles. The molecule has 0 spiro atoms. The van der Waals surface area contributed by atoms with Crippen LogP contribution in [-0.4, -0.2) is 17.6 Å². The van der Waals surface area contributed by atoms with E-state index in [0.717, 1.165) is 22.4 Å². The van der Waals surface area contributed by atoms with Gasteiger partial charge in [-0.2, -0.15) is 0 Å². The van der Waals surface area contributed by atoms with Crippen molar-refractivity contribution in [3.05, 3.63) is 101 Å². The van der Waals surface area contributed by atoms with Gasteiger partial charge in [-0.1, -0.05) is 67.6 Å². The van der Waals surface area contributed by atoms with E-state index in [1.54, 1.807) is 0 Å². The van der Waals surface area contributed by atoms with Crippen LogP contribution >= 0.6 is 0 Å². The number of hydrogen-bond donors (Lipinski definition) is 2. The molecule has 3 aromatic rings. The molecule has 4 heteroatoms. The Morgan fingerprint density at radius 2 is 1.57 bits per heavy atom. The highest BCUT2D eigenvalue weighted by Gasteiger charge is 2.36. The molecule has 0 aliphatic carbocycles. The number of cyclic esters (lactones) is 1. The standard InChI is InChI=1S/C26H27NO3/c1-25(20-9-5-3-6-10-20,17-26(2,29)21-11-7-4-8-12-21)18-27-22-13-14-23-19(15-22)16-30-24(23)28/h3-15,27,29H,16-18H2,1-2H3. The molecule has 0 saturated carbocycles. The van der Waals surface area contributed by atoms with E-state index in [2.05, 4.69) is 24.4 Å². The molecule has 2 N–H and O–H groups in total. The molecule has 1 aliphatic rings. The highest BCUT2D eigenvalue weighted by atomic mass is 16.5. The fourth-order valence-corrected chi connectivity index (χ4v) is 4.31. The first-order valence-electron chi connectivity index (χ1n) is 10.2. The summed E-state index contributed by atoms with van der Waals surface area (Å²) in [6, 6.07) is 25.8. The Balaban J connectivity index is 1.60. The summed E-state index contributed by atoms with van der Waals surface area (Å²) in [4.78, 5) is 11.7. The zero-order valence-corrected chi connectivity index (χ0v) is 17.4. The Kier molecular flexibility index (Phi) is 5.35. The largest absolute Gasteiger partial charge is 0.457 e. The van der Waals surface area contributed by atoms with Crippen LogP contribution in [-0.2, 0) is 22.4 Å². The van der Waals surface area contributed by atoms with Gasteiger partial charge in [-0.3, -0.25) is 0 Å². The third-order valence-electron chi connectivity index (χ3n) is 5.97. The lowest BCUT2D eigenvalue weighted by Gasteiger charge is -2.38. The van der Waals surface area contributed by atoms with Crippen molar-refractivity contribution in [2.45, 2.75) is 37.9 Å². The third-order valence-corrected chi connectivity index (χ3v) is 5.97. The summed E-state index contributed by atoms with van der Waals surface area (Å²) < 4.78 is 5.11. The predicted molar refractivity (Wildman–Crippen MR) is 118 cm³/mol. The lowest BCUT2D eigenvalue weighted by Crippen LogP contribution is -2.39. The Morgan fingerprint density at radius 1 is 0.933 bits per heavy atom. The van der Waals surface area contributed by atoms with Crippen molar-refractivity contribution < 1.29 is 14.6 Å². The maximum atomic E-state index is 11.7. The lowest BCUT2D eigenvalue weighted by atomic mass is 9.72. The summed E-state index contributed by atoms with van der Waals surface area (Å²) in [5.41, 5.74) is 3.24. The summed E-state index contributed by atoms with van der Waals surface area (Å²) in [7, 11) is 0. The van der Waals surface area contributed by atoms with Crippen LogP contribution in [0.5, 0.6) is 0 Å². The van der Waals surface area contributed by atoms with Crippen molar-refractivity contribution in [3.63, 3.8) is 0 Å². The number of hydrogen-bond acceptors (Lipinski definition) is 4. The summed E-state index contributed by atoms with van der Waals surface area (Å²) in [6.07, 6.45) is 0.549. The minimum absolute atomic E-state index is 0.260. The average molecular weight is 402 g/mol. The normalized spacial score (nSPS) is 16.8. The SMILES string of the molecule is CC(O)(CC(C)(CNc1ccc2c(c1)COC2=O)c1ccccc1)c1ccccc1. The molecule has 3 aromatic carbocycles. The van der Waals surface area contributed by atoms with E-state index in [9.17, 15) is 9.90 Å². The molecule has 4 rings (SSSR count). The minimum Gasteiger partial charge on any atom is -0.457 e. The molecule has 30 heavy (non-hydrogen) atoms. The maximum absolute atomic E-state index is 11.7. The number of aliphatic hydroxyl groups is 1. The van der Waals surface area contributed by atoms with Gasteiger partial charge in [0, 0.05) is 23.2 Å². The summed E-state index contributed by atoms with van der Waals surface area (Å²) in [5, 5.41) is 14.9. The highest BCUT2D eigenvalue weighted by molar-refractivity contribution is 5.93. The molecule has 1 heterocycles. The van der Waals surface area contributed by atoms with Crippen molar-refractivity contribution in [2.75, 3.05) is 11.9 Å². The fourth-order valence-electron chi connectivity index (χ4n) is 4.31. The Bertz CT molecular complexity index is 1030. The summed E-state index contributed by atoms with van der Waals surface area (Å²) >= 11 is 0. The number of benzene rings is 3. The minimum atomic E-state index is -0.980. The monoisotopic (exact) mass is 401 g/mol. The van der Waals surface area contributed by atoms with Crippen LogP contribution in [0.25, 0.3) is 0 Å². The van der Waals surface area contributed by atoms with Crippen LogP contribution in [0.2, 0.25) is 0 Å². The number of ether oxygens (including phenoxy) is 1. The zero-order valence-electron chi connectivity index (χ0n) is 17.4. The van der Waals surface area contributed by atoms with E-state index in [1.165, 1.54) is 0 Å². The van der Waals surface area contributed by atoms with Crippen LogP contribution in [0.15, 0.2) is 78.9 Å². The van der Waals surface area contributed by atoms with Gasteiger partial charge in [0.05, 0.1) is 11.2 Å². The summed E-state index contributed by atoms with van der Waals surface area (Å²) in [5.74, 6) is -0.260. The van der Waals surface area contributed by atoms with Crippen molar-refractivity contribution in [1.29, 1.82) is 0 Å². The fraction of sp³-hybridized carbons (Fsp3) is 0.269. The number of esters is 1. The number of carbonyl (C=O) groups is 1. The van der Waals surface area contributed by atoms with Gasteiger partial charge in [-0.15, -0.1) is 0 Å². The van der Waals surface area contributed by atoms with Crippen LogP contribution in [0.4, 0.5) is 5.69 Å². The molecule has 0 amide bonds. The van der Waals surface area contributed by atoms with Gasteiger partial charge in [0.1, 0.15) is 6.61 Å². The molecular weight excluding hydrogens is 374 g/mol. The van der Waals surface area contributed by atoms with Crippen molar-refractivity contribution in [2.24, 2.45) is 0 Å². The van der Waals surface area contributed by atoms with Crippen molar-refractivity contribution in [1.82, 2.24) is 0 Å². The van der Waals surface area contributed by atoms with Gasteiger partial charge in [-0.25, -0.2) is 4.79 Å². The van der Waals surface area contributed by atoms with E-state index in [-0.39, 0.29) is 11.4 Å². The number of nitrogens with one attached hydrogen (secondary N) is 1. The molecule has 4 nitrogen and oxygen atoms in total. The van der Waals surface area contributed by atoms with Crippen LogP contribution in [0.1, 0.15) is 47.3 Å². The smallest absolute Gasteiger partial charge is 0.338 e. The van der Waals surface area contributed by atoms with Gasteiger partial charge in [0.2, 0.25) is 0 Å². The Labute approximate surface area is 177 Å². The van der Waals surface area contributed by atoms with Crippen LogP contribution in [0, 0.1) is 0 Å². The number of rotatable bonds is 7. The van der Waals surface area contributed by atoms with Gasteiger partial charge < -0.3 is 15.2 Å². The first-order valence-corrected chi connectivity index (χ1v) is 10.2. The van der Waals surface area contributed by atoms with Crippen LogP contribution < -0.4 is 5.32 Å². The third kappa shape index (κ3) is 4.10. The number of carbonyl (C=O) groups excluding carboxylic acids is 1. The first kappa shape index (κ1) is 20.2. The van der Waals surface area contributed by atoms with Crippen molar-refractivity contribution in [3.8, 4) is 0 Å². The van der Waals surface area contributed by atoms with Crippen LogP contribution in [0.3, 0.4) is 0 Å². The number of anilines is 1. The van der Waals surface area contributed by atoms with Gasteiger partial charge >= 0.3 is 5.97 Å². The zero-order chi connectivity index (χ0) is 21.2. The molecule has 0 fully saturated rings. The second-order valence-corrected chi connectivity index (χ2v) is 8.54. The quantitative estimate of drug-likeness (QED) is 0.546. The predicted octanol–water partition coefficient (Wildman–Crippen LogP) is 5.02. The van der Waals surface area contributed by atoms with Crippen molar-refractivity contribution >= 4 is 11.7 Å². The first-order chi connectivity index (χ1) is 14.4. The van der Waals surface area contributed by atoms with Gasteiger partial charge in [0.25, 0.3) is 0 Å². The second kappa shape index (κ2) is 7.96. The van der Waals surface area contributed by atoms with Gasteiger partial charge in [0.15, 0.2) is 0 Å². The molecule has 154 valence electrons. The molecule has 0 radical (unpaired) electrons. The van der Waals surface area contributed by atoms with E-state index >= 15 is 0 Å². The molecular formula is C26H27NO3.